The zero-order chi connectivity index (χ0) is 11.6. The molecule has 0 aliphatic carbocycles. The van der Waals surface area contributed by atoms with Gasteiger partial charge in [-0.05, 0) is 0 Å². The highest BCUT2D eigenvalue weighted by atomic mass is 35.5. The monoisotopic (exact) mass is 240 g/mol. The van der Waals surface area contributed by atoms with Crippen LogP contribution in [0.1, 0.15) is 0 Å². The third-order valence-corrected chi connectivity index (χ3v) is 1.75. The quantitative estimate of drug-likeness (QED) is 0.468. The molecule has 4 nitrogen and oxygen atoms in total. The highest BCUT2D eigenvalue weighted by molar-refractivity contribution is 6.29. The van der Waals surface area contributed by atoms with Crippen LogP contribution in [0, 0.1) is 0 Å². The van der Waals surface area contributed by atoms with E-state index in [0.29, 0.717) is 5.01 Å². The Bertz CT molecular complexity index is 355. The Balaban J connectivity index is 2.87. The minimum Gasteiger partial charge on any atom is -0.397 e. The van der Waals surface area contributed by atoms with E-state index in [1.807, 2.05) is 0 Å². The van der Waals surface area contributed by atoms with Crippen molar-refractivity contribution in [3.63, 3.8) is 0 Å². The van der Waals surface area contributed by atoms with Gasteiger partial charge in [0.15, 0.2) is 0 Å². The lowest BCUT2D eigenvalue weighted by molar-refractivity contribution is -0.119. The van der Waals surface area contributed by atoms with Crippen LogP contribution in [-0.4, -0.2) is 17.7 Å². The summed E-state index contributed by atoms with van der Waals surface area (Å²) in [6.07, 6.45) is -3.32. The van der Waals surface area contributed by atoms with Crippen molar-refractivity contribution in [3.8, 4) is 0 Å². The van der Waals surface area contributed by atoms with E-state index < -0.39 is 12.7 Å². The maximum absolute atomic E-state index is 12.0. The first kappa shape index (κ1) is 11.9. The molecule has 0 spiro atoms. The highest BCUT2D eigenvalue weighted by Gasteiger charge is 2.30. The average Bonchev–Trinajstić information content (AvgIpc) is 1.99. The second-order valence-electron chi connectivity index (χ2n) is 2.81. The Morgan fingerprint density at radius 3 is 2.53 bits per heavy atom. The molecule has 0 atom stereocenters. The van der Waals surface area contributed by atoms with Crippen LogP contribution in [0.3, 0.4) is 0 Å². The molecular weight excluding hydrogens is 233 g/mol. The number of nitrogens with two attached hydrogens (primary N) is 2. The number of alkyl halides is 3. The van der Waals surface area contributed by atoms with Gasteiger partial charge in [0.05, 0.1) is 17.6 Å². The predicted molar refractivity (Wildman–Crippen MR) is 51.2 cm³/mol. The SMILES string of the molecule is Nc1cc(Cl)ncc1N(N)CC(F)(F)F. The number of hydrogen-bond acceptors (Lipinski definition) is 4. The van der Waals surface area contributed by atoms with Crippen LogP contribution in [-0.2, 0) is 0 Å². The lowest BCUT2D eigenvalue weighted by Gasteiger charge is -2.21. The van der Waals surface area contributed by atoms with E-state index in [2.05, 4.69) is 4.98 Å². The van der Waals surface area contributed by atoms with Gasteiger partial charge in [0, 0.05) is 6.07 Å². The molecule has 0 aromatic carbocycles. The molecule has 15 heavy (non-hydrogen) atoms. The number of rotatable bonds is 2. The molecule has 1 aromatic rings. The Kier molecular flexibility index (Phi) is 3.25. The van der Waals surface area contributed by atoms with Crippen molar-refractivity contribution < 1.29 is 13.2 Å². The van der Waals surface area contributed by atoms with Crippen LogP contribution in [0.5, 0.6) is 0 Å². The van der Waals surface area contributed by atoms with Gasteiger partial charge in [-0.3, -0.25) is 5.01 Å². The van der Waals surface area contributed by atoms with E-state index in [4.69, 9.17) is 23.2 Å². The van der Waals surface area contributed by atoms with Gasteiger partial charge in [0.1, 0.15) is 11.7 Å². The van der Waals surface area contributed by atoms with Crippen molar-refractivity contribution in [1.82, 2.24) is 4.98 Å². The Hall–Kier alpha value is -1.21. The smallest absolute Gasteiger partial charge is 0.397 e. The molecule has 0 bridgehead atoms. The molecule has 0 aliphatic heterocycles. The lowest BCUT2D eigenvalue weighted by atomic mass is 10.3. The minimum absolute atomic E-state index is 0.0169. The first-order valence-corrected chi connectivity index (χ1v) is 4.17. The van der Waals surface area contributed by atoms with E-state index >= 15 is 0 Å². The van der Waals surface area contributed by atoms with E-state index in [9.17, 15) is 13.2 Å². The van der Waals surface area contributed by atoms with Crippen molar-refractivity contribution in [2.75, 3.05) is 17.3 Å². The summed E-state index contributed by atoms with van der Waals surface area (Å²) >= 11 is 5.48. The molecule has 1 aromatic heterocycles. The fourth-order valence-electron chi connectivity index (χ4n) is 0.955. The zero-order valence-corrected chi connectivity index (χ0v) is 8.18. The van der Waals surface area contributed by atoms with Gasteiger partial charge in [-0.15, -0.1) is 0 Å². The Labute approximate surface area is 88.6 Å². The molecular formula is C7H8ClF3N4. The topological polar surface area (TPSA) is 68.2 Å². The van der Waals surface area contributed by atoms with Gasteiger partial charge in [0.2, 0.25) is 0 Å². The first-order chi connectivity index (χ1) is 6.79. The normalized spacial score (nSPS) is 11.5. The predicted octanol–water partition coefficient (Wildman–Crippen LogP) is 1.56. The third-order valence-electron chi connectivity index (χ3n) is 1.54. The van der Waals surface area contributed by atoms with Crippen molar-refractivity contribution >= 4 is 23.0 Å². The van der Waals surface area contributed by atoms with E-state index in [0.717, 1.165) is 6.20 Å². The van der Waals surface area contributed by atoms with Crippen LogP contribution in [0.2, 0.25) is 5.15 Å². The van der Waals surface area contributed by atoms with E-state index in [-0.39, 0.29) is 16.5 Å². The molecule has 1 rings (SSSR count). The Morgan fingerprint density at radius 1 is 1.47 bits per heavy atom. The summed E-state index contributed by atoms with van der Waals surface area (Å²) in [5, 5.41) is 0.565. The number of anilines is 2. The minimum atomic E-state index is -4.40. The molecule has 8 heteroatoms. The largest absolute Gasteiger partial charge is 0.407 e. The molecule has 0 unspecified atom stereocenters. The molecule has 4 N–H and O–H groups in total. The average molecular weight is 241 g/mol. The molecule has 84 valence electrons. The zero-order valence-electron chi connectivity index (χ0n) is 7.42. The molecule has 0 aliphatic rings. The summed E-state index contributed by atoms with van der Waals surface area (Å²) in [4.78, 5) is 3.59. The van der Waals surface area contributed by atoms with E-state index in [1.54, 1.807) is 0 Å². The van der Waals surface area contributed by atoms with Crippen molar-refractivity contribution in [3.05, 3.63) is 17.4 Å². The number of pyridine rings is 1. The molecule has 1 heterocycles. The third kappa shape index (κ3) is 3.45. The Morgan fingerprint density at radius 2 is 2.07 bits per heavy atom. The number of nitrogen functional groups attached to an aromatic ring is 1. The molecule has 0 amide bonds. The molecule has 0 saturated carbocycles. The van der Waals surface area contributed by atoms with E-state index in [1.165, 1.54) is 6.07 Å². The summed E-state index contributed by atoms with van der Waals surface area (Å²) < 4.78 is 36.0. The maximum atomic E-state index is 12.0. The van der Waals surface area contributed by atoms with Crippen LogP contribution < -0.4 is 16.6 Å². The number of hydrogen-bond donors (Lipinski definition) is 2. The standard InChI is InChI=1S/C7H8ClF3N4/c8-6-1-4(12)5(2-14-6)15(13)3-7(9,10)11/h1-2H,3,13H2,(H2,12,14). The van der Waals surface area contributed by atoms with Gasteiger partial charge in [-0.2, -0.15) is 13.2 Å². The second kappa shape index (κ2) is 4.11. The van der Waals surface area contributed by atoms with Crippen molar-refractivity contribution in [2.24, 2.45) is 5.84 Å². The molecule has 0 saturated heterocycles. The fourth-order valence-corrected chi connectivity index (χ4v) is 1.12. The second-order valence-corrected chi connectivity index (χ2v) is 3.20. The summed E-state index contributed by atoms with van der Waals surface area (Å²) in [5.41, 5.74) is 5.45. The first-order valence-electron chi connectivity index (χ1n) is 3.79. The van der Waals surface area contributed by atoms with Crippen LogP contribution >= 0.6 is 11.6 Å². The number of nitrogens with zero attached hydrogens (tertiary/aromatic N) is 2. The van der Waals surface area contributed by atoms with Gasteiger partial charge in [-0.25, -0.2) is 10.8 Å². The van der Waals surface area contributed by atoms with Crippen molar-refractivity contribution in [2.45, 2.75) is 6.18 Å². The van der Waals surface area contributed by atoms with Crippen molar-refractivity contribution in [1.29, 1.82) is 0 Å². The molecule has 0 radical (unpaired) electrons. The van der Waals surface area contributed by atoms with Crippen LogP contribution in [0.15, 0.2) is 12.3 Å². The maximum Gasteiger partial charge on any atom is 0.407 e. The van der Waals surface area contributed by atoms with Gasteiger partial charge < -0.3 is 5.73 Å². The van der Waals surface area contributed by atoms with Gasteiger partial charge >= 0.3 is 6.18 Å². The van der Waals surface area contributed by atoms with Gasteiger partial charge in [-0.1, -0.05) is 11.6 Å². The van der Waals surface area contributed by atoms with Crippen LogP contribution in [0.4, 0.5) is 24.5 Å². The fraction of sp³-hybridized carbons (Fsp3) is 0.286. The lowest BCUT2D eigenvalue weighted by Crippen LogP contribution is -2.40. The number of aromatic nitrogens is 1. The number of halogens is 4. The van der Waals surface area contributed by atoms with Crippen LogP contribution in [0.25, 0.3) is 0 Å². The molecule has 0 fully saturated rings. The van der Waals surface area contributed by atoms with Gasteiger partial charge in [0.25, 0.3) is 0 Å². The summed E-state index contributed by atoms with van der Waals surface area (Å²) in [6.45, 7) is -1.31. The number of hydrazine groups is 1. The summed E-state index contributed by atoms with van der Waals surface area (Å²) in [6, 6.07) is 1.23. The highest BCUT2D eigenvalue weighted by Crippen LogP contribution is 2.25. The summed E-state index contributed by atoms with van der Waals surface area (Å²) in [5.74, 6) is 5.18. The summed E-state index contributed by atoms with van der Waals surface area (Å²) in [7, 11) is 0.